The molecule has 1 amide bonds. The predicted octanol–water partition coefficient (Wildman–Crippen LogP) is 0.0921. The van der Waals surface area contributed by atoms with Crippen LogP contribution in [0.5, 0.6) is 0 Å². The highest BCUT2D eigenvalue weighted by molar-refractivity contribution is 5.92. The molecule has 0 aliphatic heterocycles. The van der Waals surface area contributed by atoms with Crippen LogP contribution in [0.3, 0.4) is 0 Å². The summed E-state index contributed by atoms with van der Waals surface area (Å²) in [6.45, 7) is 0. The maximum Gasteiger partial charge on any atom is 0.272 e. The summed E-state index contributed by atoms with van der Waals surface area (Å²) < 4.78 is 0. The van der Waals surface area contributed by atoms with Crippen molar-refractivity contribution in [2.45, 2.75) is 37.8 Å². The lowest BCUT2D eigenvalue weighted by molar-refractivity contribution is 0.0862. The van der Waals surface area contributed by atoms with E-state index < -0.39 is 0 Å². The van der Waals surface area contributed by atoms with E-state index in [-0.39, 0.29) is 23.7 Å². The first-order chi connectivity index (χ1) is 8.15. The number of rotatable bonds is 2. The fourth-order valence-electron chi connectivity index (χ4n) is 1.94. The molecule has 17 heavy (non-hydrogen) atoms. The summed E-state index contributed by atoms with van der Waals surface area (Å²) in [5.41, 5.74) is 5.66. The summed E-state index contributed by atoms with van der Waals surface area (Å²) in [6, 6.07) is 3.22. The molecule has 6 heteroatoms. The van der Waals surface area contributed by atoms with Crippen LogP contribution in [-0.2, 0) is 0 Å². The Morgan fingerprint density at radius 3 is 2.59 bits per heavy atom. The van der Waals surface area contributed by atoms with Crippen molar-refractivity contribution in [1.29, 1.82) is 0 Å². The van der Waals surface area contributed by atoms with E-state index in [0.717, 1.165) is 25.7 Å². The molecule has 1 aliphatic rings. The topological polar surface area (TPSA) is 101 Å². The Morgan fingerprint density at radius 2 is 2.00 bits per heavy atom. The molecule has 6 nitrogen and oxygen atoms in total. The zero-order valence-corrected chi connectivity index (χ0v) is 9.47. The van der Waals surface area contributed by atoms with Gasteiger partial charge in [-0.15, -0.1) is 10.2 Å². The molecule has 4 N–H and O–H groups in total. The number of nitrogen functional groups attached to an aromatic ring is 1. The van der Waals surface area contributed by atoms with Gasteiger partial charge in [-0.25, -0.2) is 0 Å². The highest BCUT2D eigenvalue weighted by Gasteiger charge is 2.21. The predicted molar refractivity (Wildman–Crippen MR) is 62.2 cm³/mol. The van der Waals surface area contributed by atoms with E-state index in [1.54, 1.807) is 12.1 Å². The van der Waals surface area contributed by atoms with Gasteiger partial charge in [0.2, 0.25) is 0 Å². The Bertz CT molecular complexity index is 385. The monoisotopic (exact) mass is 236 g/mol. The standard InChI is InChI=1S/C11H16N4O2/c12-10-6-5-9(14-15-10)11(17)13-7-1-3-8(16)4-2-7/h5-8,16H,1-4H2,(H2,12,15)(H,13,17). The van der Waals surface area contributed by atoms with E-state index in [4.69, 9.17) is 5.73 Å². The molecule has 0 saturated heterocycles. The van der Waals surface area contributed by atoms with Gasteiger partial charge in [0, 0.05) is 6.04 Å². The number of aliphatic hydroxyl groups is 1. The smallest absolute Gasteiger partial charge is 0.272 e. The second-order valence-electron chi connectivity index (χ2n) is 4.32. The van der Waals surface area contributed by atoms with E-state index in [2.05, 4.69) is 15.5 Å². The van der Waals surface area contributed by atoms with Crippen molar-refractivity contribution in [1.82, 2.24) is 15.5 Å². The summed E-state index contributed by atoms with van der Waals surface area (Å²) in [5.74, 6) is 0.0567. The van der Waals surface area contributed by atoms with Gasteiger partial charge in [-0.1, -0.05) is 0 Å². The van der Waals surface area contributed by atoms with E-state index in [1.807, 2.05) is 0 Å². The summed E-state index contributed by atoms with van der Waals surface area (Å²) in [4.78, 5) is 11.8. The van der Waals surface area contributed by atoms with Gasteiger partial charge >= 0.3 is 0 Å². The fourth-order valence-corrected chi connectivity index (χ4v) is 1.94. The minimum absolute atomic E-state index is 0.116. The molecule has 0 spiro atoms. The lowest BCUT2D eigenvalue weighted by Gasteiger charge is -2.25. The van der Waals surface area contributed by atoms with Gasteiger partial charge < -0.3 is 16.2 Å². The number of nitrogens with two attached hydrogens (primary N) is 1. The molecule has 2 rings (SSSR count). The Hall–Kier alpha value is -1.69. The lowest BCUT2D eigenvalue weighted by atomic mass is 9.93. The number of aliphatic hydroxyl groups excluding tert-OH is 1. The number of carbonyl (C=O) groups is 1. The molecule has 1 aromatic rings. The van der Waals surface area contributed by atoms with E-state index in [0.29, 0.717) is 5.82 Å². The molecule has 0 atom stereocenters. The van der Waals surface area contributed by atoms with Crippen molar-refractivity contribution in [2.75, 3.05) is 5.73 Å². The molecule has 1 aromatic heterocycles. The maximum atomic E-state index is 11.8. The number of amides is 1. The van der Waals surface area contributed by atoms with Gasteiger partial charge in [0.25, 0.3) is 5.91 Å². The van der Waals surface area contributed by atoms with Crippen molar-refractivity contribution >= 4 is 11.7 Å². The average molecular weight is 236 g/mol. The van der Waals surface area contributed by atoms with Crippen LogP contribution in [-0.4, -0.2) is 33.4 Å². The molecule has 1 aliphatic carbocycles. The van der Waals surface area contributed by atoms with Crippen molar-refractivity contribution in [3.63, 3.8) is 0 Å². The highest BCUT2D eigenvalue weighted by Crippen LogP contribution is 2.18. The van der Waals surface area contributed by atoms with Crippen LogP contribution in [0.2, 0.25) is 0 Å². The Morgan fingerprint density at radius 1 is 1.29 bits per heavy atom. The normalized spacial score (nSPS) is 24.3. The molecular weight excluding hydrogens is 220 g/mol. The first-order valence-corrected chi connectivity index (χ1v) is 5.73. The van der Waals surface area contributed by atoms with Crippen molar-refractivity contribution in [3.8, 4) is 0 Å². The number of nitrogens with one attached hydrogen (secondary N) is 1. The largest absolute Gasteiger partial charge is 0.393 e. The average Bonchev–Trinajstić information content (AvgIpc) is 2.33. The summed E-state index contributed by atoms with van der Waals surface area (Å²) in [7, 11) is 0. The number of anilines is 1. The minimum Gasteiger partial charge on any atom is -0.393 e. The fraction of sp³-hybridized carbons (Fsp3) is 0.545. The third-order valence-corrected chi connectivity index (χ3v) is 2.95. The highest BCUT2D eigenvalue weighted by atomic mass is 16.3. The third-order valence-electron chi connectivity index (χ3n) is 2.95. The second kappa shape index (κ2) is 5.09. The molecule has 0 aromatic carbocycles. The van der Waals surface area contributed by atoms with E-state index in [9.17, 15) is 9.90 Å². The Balaban J connectivity index is 1.91. The number of aromatic nitrogens is 2. The summed E-state index contributed by atoms with van der Waals surface area (Å²) >= 11 is 0. The first-order valence-electron chi connectivity index (χ1n) is 5.73. The van der Waals surface area contributed by atoms with E-state index in [1.165, 1.54) is 0 Å². The molecule has 0 unspecified atom stereocenters. The molecular formula is C11H16N4O2. The minimum atomic E-state index is -0.237. The molecule has 1 heterocycles. The van der Waals surface area contributed by atoms with Crippen LogP contribution in [0.4, 0.5) is 5.82 Å². The number of hydrogen-bond donors (Lipinski definition) is 3. The Kier molecular flexibility index (Phi) is 3.53. The maximum absolute atomic E-state index is 11.8. The van der Waals surface area contributed by atoms with E-state index >= 15 is 0 Å². The van der Waals surface area contributed by atoms with Crippen molar-refractivity contribution in [2.24, 2.45) is 0 Å². The molecule has 0 bridgehead atoms. The third kappa shape index (κ3) is 3.13. The van der Waals surface area contributed by atoms with Crippen LogP contribution < -0.4 is 11.1 Å². The van der Waals surface area contributed by atoms with Gasteiger partial charge in [-0.3, -0.25) is 4.79 Å². The molecule has 1 fully saturated rings. The number of carbonyl (C=O) groups excluding carboxylic acids is 1. The van der Waals surface area contributed by atoms with Crippen LogP contribution in [0.25, 0.3) is 0 Å². The first kappa shape index (κ1) is 11.8. The summed E-state index contributed by atoms with van der Waals surface area (Å²) in [6.07, 6.45) is 2.85. The Labute approximate surface area is 99.2 Å². The SMILES string of the molecule is Nc1ccc(C(=O)NC2CCC(O)CC2)nn1. The van der Waals surface area contributed by atoms with Crippen LogP contribution >= 0.6 is 0 Å². The van der Waals surface area contributed by atoms with Gasteiger partial charge in [0.05, 0.1) is 6.10 Å². The van der Waals surface area contributed by atoms with Gasteiger partial charge in [-0.05, 0) is 37.8 Å². The van der Waals surface area contributed by atoms with Crippen molar-refractivity contribution in [3.05, 3.63) is 17.8 Å². The van der Waals surface area contributed by atoms with Crippen LogP contribution in [0, 0.1) is 0 Å². The summed E-state index contributed by atoms with van der Waals surface area (Å²) in [5, 5.41) is 19.6. The number of nitrogens with zero attached hydrogens (tertiary/aromatic N) is 2. The van der Waals surface area contributed by atoms with Crippen LogP contribution in [0.15, 0.2) is 12.1 Å². The lowest BCUT2D eigenvalue weighted by Crippen LogP contribution is -2.39. The second-order valence-corrected chi connectivity index (χ2v) is 4.32. The quantitative estimate of drug-likeness (QED) is 0.675. The molecule has 92 valence electrons. The van der Waals surface area contributed by atoms with Gasteiger partial charge in [0.1, 0.15) is 5.82 Å². The number of hydrogen-bond acceptors (Lipinski definition) is 5. The van der Waals surface area contributed by atoms with Crippen molar-refractivity contribution < 1.29 is 9.90 Å². The molecule has 0 radical (unpaired) electrons. The zero-order valence-electron chi connectivity index (χ0n) is 9.47. The van der Waals surface area contributed by atoms with Gasteiger partial charge in [-0.2, -0.15) is 0 Å². The van der Waals surface area contributed by atoms with Crippen LogP contribution in [0.1, 0.15) is 36.2 Å². The molecule has 1 saturated carbocycles. The van der Waals surface area contributed by atoms with Gasteiger partial charge in [0.15, 0.2) is 5.69 Å². The zero-order chi connectivity index (χ0) is 12.3.